The number of carbonyl (C=O) groups excluding carboxylic acids is 1. The molecule has 2 aromatic carbocycles. The Labute approximate surface area is 169 Å². The van der Waals surface area contributed by atoms with Gasteiger partial charge in [0.15, 0.2) is 0 Å². The van der Waals surface area contributed by atoms with Gasteiger partial charge in [-0.25, -0.2) is 4.68 Å². The van der Waals surface area contributed by atoms with Crippen molar-refractivity contribution in [2.45, 2.75) is 25.4 Å². The summed E-state index contributed by atoms with van der Waals surface area (Å²) in [5.41, 5.74) is 3.35. The number of ether oxygens (including phenoxy) is 2. The van der Waals surface area contributed by atoms with E-state index < -0.39 is 0 Å². The quantitative estimate of drug-likeness (QED) is 0.666. The van der Waals surface area contributed by atoms with Gasteiger partial charge in [-0.15, -0.1) is 0 Å². The Bertz CT molecular complexity index is 982. The van der Waals surface area contributed by atoms with Crippen molar-refractivity contribution in [3.63, 3.8) is 0 Å². The molecule has 150 valence electrons. The van der Waals surface area contributed by atoms with Crippen LogP contribution in [0.3, 0.4) is 0 Å². The number of hydrogen-bond acceptors (Lipinski definition) is 5. The van der Waals surface area contributed by atoms with Crippen molar-refractivity contribution in [3.8, 4) is 5.75 Å². The van der Waals surface area contributed by atoms with Crippen LogP contribution in [0.25, 0.3) is 0 Å². The molecule has 1 aliphatic rings. The molecule has 0 saturated carbocycles. The van der Waals surface area contributed by atoms with Gasteiger partial charge in [0.05, 0.1) is 19.2 Å². The van der Waals surface area contributed by atoms with E-state index in [1.54, 1.807) is 12.0 Å². The Morgan fingerprint density at radius 2 is 1.69 bits per heavy atom. The molecule has 1 amide bonds. The number of aromatic nitrogens is 3. The van der Waals surface area contributed by atoms with Crippen LogP contribution in [0.5, 0.6) is 5.75 Å². The lowest BCUT2D eigenvalue weighted by molar-refractivity contribution is -0.123. The van der Waals surface area contributed by atoms with Gasteiger partial charge in [0.25, 0.3) is 5.91 Å². The number of amides is 1. The summed E-state index contributed by atoms with van der Waals surface area (Å²) in [4.78, 5) is 19.1. The molecule has 0 bridgehead atoms. The SMILES string of the molecule is COCC(=O)N1c2ncnn2[C@@H](c2ccc(C)cc2)C[C@H]1c1ccc(OC)cc1. The molecule has 4 rings (SSSR count). The Hall–Kier alpha value is -3.19. The standard InChI is InChI=1S/C22H24N4O3/c1-15-4-6-17(7-5-15)20-12-19(16-8-10-18(29-3)11-9-16)25(21(27)13-28-2)22-23-14-24-26(20)22/h4-11,14,19-20H,12-13H2,1-3H3/t19-,20+/m0/s1. The molecule has 0 unspecified atom stereocenters. The van der Waals surface area contributed by atoms with Gasteiger partial charge >= 0.3 is 0 Å². The van der Waals surface area contributed by atoms with Gasteiger partial charge in [-0.05, 0) is 36.6 Å². The molecule has 0 saturated heterocycles. The van der Waals surface area contributed by atoms with Crippen molar-refractivity contribution in [2.24, 2.45) is 0 Å². The summed E-state index contributed by atoms with van der Waals surface area (Å²) < 4.78 is 12.2. The largest absolute Gasteiger partial charge is 0.497 e. The van der Waals surface area contributed by atoms with Gasteiger partial charge in [-0.2, -0.15) is 10.1 Å². The predicted molar refractivity (Wildman–Crippen MR) is 109 cm³/mol. The first-order valence-electron chi connectivity index (χ1n) is 9.53. The number of methoxy groups -OCH3 is 2. The maximum Gasteiger partial charge on any atom is 0.255 e. The zero-order valence-electron chi connectivity index (χ0n) is 16.8. The normalized spacial score (nSPS) is 18.4. The third-order valence-electron chi connectivity index (χ3n) is 5.32. The van der Waals surface area contributed by atoms with Crippen molar-refractivity contribution in [1.82, 2.24) is 14.8 Å². The summed E-state index contributed by atoms with van der Waals surface area (Å²) in [5, 5.41) is 4.44. The molecule has 0 N–H and O–H groups in total. The smallest absolute Gasteiger partial charge is 0.255 e. The fourth-order valence-corrected chi connectivity index (χ4v) is 3.85. The summed E-state index contributed by atoms with van der Waals surface area (Å²) in [7, 11) is 3.16. The van der Waals surface area contributed by atoms with Gasteiger partial charge in [-0.1, -0.05) is 42.0 Å². The number of hydrogen-bond donors (Lipinski definition) is 0. The Morgan fingerprint density at radius 1 is 1.03 bits per heavy atom. The molecule has 0 aliphatic carbocycles. The molecule has 0 spiro atoms. The number of anilines is 1. The minimum absolute atomic E-state index is 0.0191. The number of fused-ring (bicyclic) bond motifs is 1. The van der Waals surface area contributed by atoms with Crippen molar-refractivity contribution >= 4 is 11.9 Å². The van der Waals surface area contributed by atoms with Crippen LogP contribution in [0, 0.1) is 6.92 Å². The molecular formula is C22H24N4O3. The molecule has 2 heterocycles. The van der Waals surface area contributed by atoms with Crippen LogP contribution in [-0.2, 0) is 9.53 Å². The fraction of sp³-hybridized carbons (Fsp3) is 0.318. The molecule has 0 fully saturated rings. The van der Waals surface area contributed by atoms with E-state index in [9.17, 15) is 4.79 Å². The Kier molecular flexibility index (Phi) is 5.31. The van der Waals surface area contributed by atoms with Crippen LogP contribution in [0.2, 0.25) is 0 Å². The maximum atomic E-state index is 12.9. The second kappa shape index (κ2) is 8.05. The molecule has 7 heteroatoms. The Morgan fingerprint density at radius 3 is 2.34 bits per heavy atom. The van der Waals surface area contributed by atoms with Gasteiger partial charge in [0.1, 0.15) is 18.7 Å². The molecule has 3 aromatic rings. The molecule has 1 aromatic heterocycles. The second-order valence-electron chi connectivity index (χ2n) is 7.15. The Balaban J connectivity index is 1.80. The first-order valence-corrected chi connectivity index (χ1v) is 9.53. The van der Waals surface area contributed by atoms with E-state index in [2.05, 4.69) is 41.3 Å². The second-order valence-corrected chi connectivity index (χ2v) is 7.15. The predicted octanol–water partition coefficient (Wildman–Crippen LogP) is 3.31. The van der Waals surface area contributed by atoms with E-state index in [-0.39, 0.29) is 24.6 Å². The topological polar surface area (TPSA) is 69.5 Å². The number of benzene rings is 2. The van der Waals surface area contributed by atoms with Crippen LogP contribution in [-0.4, -0.2) is 41.5 Å². The fourth-order valence-electron chi connectivity index (χ4n) is 3.85. The van der Waals surface area contributed by atoms with Gasteiger partial charge in [0.2, 0.25) is 5.95 Å². The van der Waals surface area contributed by atoms with Crippen molar-refractivity contribution in [2.75, 3.05) is 25.7 Å². The summed E-state index contributed by atoms with van der Waals surface area (Å²) in [6, 6.07) is 16.0. The number of aryl methyl sites for hydroxylation is 1. The molecule has 2 atom stereocenters. The maximum absolute atomic E-state index is 12.9. The van der Waals surface area contributed by atoms with E-state index in [1.807, 2.05) is 28.9 Å². The summed E-state index contributed by atoms with van der Waals surface area (Å²) >= 11 is 0. The van der Waals surface area contributed by atoms with Crippen LogP contribution in [0.1, 0.15) is 35.2 Å². The van der Waals surface area contributed by atoms with E-state index in [0.717, 1.165) is 16.9 Å². The molecule has 0 radical (unpaired) electrons. The first-order chi connectivity index (χ1) is 14.1. The lowest BCUT2D eigenvalue weighted by Crippen LogP contribution is -2.44. The minimum Gasteiger partial charge on any atom is -0.497 e. The minimum atomic E-state index is -0.188. The number of carbonyl (C=O) groups is 1. The zero-order valence-corrected chi connectivity index (χ0v) is 16.8. The molecule has 1 aliphatic heterocycles. The average Bonchev–Trinajstić information content (AvgIpc) is 3.23. The van der Waals surface area contributed by atoms with E-state index in [4.69, 9.17) is 9.47 Å². The molecular weight excluding hydrogens is 368 g/mol. The first kappa shape index (κ1) is 19.1. The van der Waals surface area contributed by atoms with E-state index >= 15 is 0 Å². The highest BCUT2D eigenvalue weighted by Gasteiger charge is 2.39. The highest BCUT2D eigenvalue weighted by atomic mass is 16.5. The van der Waals surface area contributed by atoms with Gasteiger partial charge < -0.3 is 9.47 Å². The monoisotopic (exact) mass is 392 g/mol. The van der Waals surface area contributed by atoms with E-state index in [0.29, 0.717) is 12.4 Å². The number of rotatable bonds is 5. The van der Waals surface area contributed by atoms with Crippen LogP contribution in [0.4, 0.5) is 5.95 Å². The van der Waals surface area contributed by atoms with Crippen molar-refractivity contribution in [3.05, 3.63) is 71.5 Å². The van der Waals surface area contributed by atoms with Crippen molar-refractivity contribution < 1.29 is 14.3 Å². The average molecular weight is 392 g/mol. The highest BCUT2D eigenvalue weighted by Crippen LogP contribution is 2.42. The lowest BCUT2D eigenvalue weighted by atomic mass is 9.91. The zero-order chi connectivity index (χ0) is 20.4. The third kappa shape index (κ3) is 3.61. The summed E-state index contributed by atoms with van der Waals surface area (Å²) in [6.07, 6.45) is 2.18. The molecule has 29 heavy (non-hydrogen) atoms. The third-order valence-corrected chi connectivity index (χ3v) is 5.32. The summed E-state index contributed by atoms with van der Waals surface area (Å²) in [5.74, 6) is 1.16. The van der Waals surface area contributed by atoms with Crippen LogP contribution < -0.4 is 9.64 Å². The van der Waals surface area contributed by atoms with Gasteiger partial charge in [0, 0.05) is 7.11 Å². The molecule has 7 nitrogen and oxygen atoms in total. The van der Waals surface area contributed by atoms with Crippen LogP contribution >= 0.6 is 0 Å². The summed E-state index contributed by atoms with van der Waals surface area (Å²) in [6.45, 7) is 2.05. The van der Waals surface area contributed by atoms with E-state index in [1.165, 1.54) is 19.0 Å². The highest BCUT2D eigenvalue weighted by molar-refractivity contribution is 5.93. The van der Waals surface area contributed by atoms with Crippen molar-refractivity contribution in [1.29, 1.82) is 0 Å². The lowest BCUT2D eigenvalue weighted by Gasteiger charge is -2.39. The van der Waals surface area contributed by atoms with Crippen LogP contribution in [0.15, 0.2) is 54.9 Å². The van der Waals surface area contributed by atoms with Gasteiger partial charge in [-0.3, -0.25) is 9.69 Å². The number of nitrogens with zero attached hydrogens (tertiary/aromatic N) is 4.